The molecule has 0 aliphatic rings. The number of benzene rings is 4. The van der Waals surface area contributed by atoms with Crippen LogP contribution in [0.25, 0.3) is 44.3 Å². The van der Waals surface area contributed by atoms with Crippen LogP contribution >= 0.6 is 0 Å². The number of hydrogen-bond acceptors (Lipinski definition) is 6. The molecule has 0 radical (unpaired) electrons. The van der Waals surface area contributed by atoms with Crippen LogP contribution in [0.1, 0.15) is 34.9 Å². The van der Waals surface area contributed by atoms with Crippen molar-refractivity contribution in [1.29, 1.82) is 0 Å². The number of H-pyrrole nitrogens is 4. The predicted octanol–water partition coefficient (Wildman–Crippen LogP) is 8.54. The summed E-state index contributed by atoms with van der Waals surface area (Å²) in [7, 11) is 0. The van der Waals surface area contributed by atoms with Gasteiger partial charge in [-0.05, 0) is 46.9 Å². The molecule has 52 heavy (non-hydrogen) atoms. The van der Waals surface area contributed by atoms with Gasteiger partial charge < -0.3 is 31.0 Å². The van der Waals surface area contributed by atoms with Crippen molar-refractivity contribution in [2.24, 2.45) is 5.73 Å². The fourth-order valence-electron chi connectivity index (χ4n) is 6.47. The van der Waals surface area contributed by atoms with Crippen LogP contribution in [0, 0.1) is 0 Å². The molecule has 5 heterocycles. The van der Waals surface area contributed by atoms with Gasteiger partial charge >= 0.3 is 0 Å². The van der Waals surface area contributed by atoms with E-state index >= 15 is 0 Å². The molecule has 0 amide bonds. The van der Waals surface area contributed by atoms with Crippen molar-refractivity contribution in [3.8, 4) is 22.5 Å². The Kier molecular flexibility index (Phi) is 9.35. The summed E-state index contributed by atoms with van der Waals surface area (Å²) in [5.41, 5.74) is 15.3. The van der Waals surface area contributed by atoms with Crippen molar-refractivity contribution in [1.82, 2.24) is 39.9 Å². The Morgan fingerprint density at radius 1 is 0.538 bits per heavy atom. The number of nitrogens with two attached hydrogens (primary N) is 1. The second kappa shape index (κ2) is 15.0. The van der Waals surface area contributed by atoms with Gasteiger partial charge in [0.1, 0.15) is 11.6 Å². The van der Waals surface area contributed by atoms with Crippen molar-refractivity contribution in [2.45, 2.75) is 24.9 Å². The SMILES string of the molecule is N[C@H](Cc1c[nH]c2ccccc12)c1ncc(-c2ccccc2)[nH]1.c1ccc(-c2cnc([C@@H](Cc3c[nH]c4ccccc34)Nc3ncccn3)[nH]2)cc1. The first-order chi connectivity index (χ1) is 25.7. The maximum atomic E-state index is 6.36. The number of rotatable bonds is 10. The van der Waals surface area contributed by atoms with E-state index in [2.05, 4.69) is 106 Å². The van der Waals surface area contributed by atoms with Crippen LogP contribution in [-0.2, 0) is 12.8 Å². The molecule has 256 valence electrons. The molecule has 7 N–H and O–H groups in total. The predicted molar refractivity (Wildman–Crippen MR) is 207 cm³/mol. The Balaban J connectivity index is 0.000000153. The van der Waals surface area contributed by atoms with Crippen LogP contribution in [-0.4, -0.2) is 39.9 Å². The van der Waals surface area contributed by atoms with E-state index in [1.54, 1.807) is 18.5 Å². The van der Waals surface area contributed by atoms with E-state index in [-0.39, 0.29) is 12.1 Å². The highest BCUT2D eigenvalue weighted by Gasteiger charge is 2.20. The minimum absolute atomic E-state index is 0.103. The molecular formula is C42H38N10. The van der Waals surface area contributed by atoms with Crippen LogP contribution in [0.3, 0.4) is 0 Å². The summed E-state index contributed by atoms with van der Waals surface area (Å²) in [5, 5.41) is 5.86. The molecule has 9 rings (SSSR count). The smallest absolute Gasteiger partial charge is 0.223 e. The monoisotopic (exact) mass is 682 g/mol. The Hall–Kier alpha value is -6.78. The fraction of sp³-hybridized carbons (Fsp3) is 0.0952. The summed E-state index contributed by atoms with van der Waals surface area (Å²) in [6.07, 6.45) is 12.8. The number of nitrogens with zero attached hydrogens (tertiary/aromatic N) is 4. The summed E-state index contributed by atoms with van der Waals surface area (Å²) in [5.74, 6) is 2.24. The summed E-state index contributed by atoms with van der Waals surface area (Å²) < 4.78 is 0. The normalized spacial score (nSPS) is 12.3. The highest BCUT2D eigenvalue weighted by Crippen LogP contribution is 2.28. The van der Waals surface area contributed by atoms with Gasteiger partial charge in [-0.1, -0.05) is 97.1 Å². The largest absolute Gasteiger partial charge is 0.361 e. The average Bonchev–Trinajstić information content (AvgIpc) is 4.04. The fourth-order valence-corrected chi connectivity index (χ4v) is 6.47. The van der Waals surface area contributed by atoms with Gasteiger partial charge in [-0.2, -0.15) is 0 Å². The van der Waals surface area contributed by atoms with Gasteiger partial charge in [0.25, 0.3) is 0 Å². The van der Waals surface area contributed by atoms with Crippen LogP contribution in [0.4, 0.5) is 5.95 Å². The van der Waals surface area contributed by atoms with E-state index in [1.165, 1.54) is 21.9 Å². The third-order valence-corrected chi connectivity index (χ3v) is 9.12. The molecule has 0 aliphatic carbocycles. The first kappa shape index (κ1) is 32.4. The van der Waals surface area contributed by atoms with Crippen molar-refractivity contribution < 1.29 is 0 Å². The summed E-state index contributed by atoms with van der Waals surface area (Å²) in [4.78, 5) is 31.2. The van der Waals surface area contributed by atoms with Gasteiger partial charge in [0, 0.05) is 53.0 Å². The molecule has 0 saturated carbocycles. The number of nitrogens with one attached hydrogen (secondary N) is 5. The topological polar surface area (TPSA) is 153 Å². The van der Waals surface area contributed by atoms with Crippen molar-refractivity contribution in [2.75, 3.05) is 5.32 Å². The number of fused-ring (bicyclic) bond motifs is 2. The Bertz CT molecular complexity index is 2480. The number of hydrogen-bond donors (Lipinski definition) is 6. The molecule has 4 aromatic carbocycles. The first-order valence-electron chi connectivity index (χ1n) is 17.3. The Labute approximate surface area is 300 Å². The zero-order valence-electron chi connectivity index (χ0n) is 28.4. The third-order valence-electron chi connectivity index (χ3n) is 9.12. The molecule has 5 aromatic heterocycles. The summed E-state index contributed by atoms with van der Waals surface area (Å²) >= 11 is 0. The quantitative estimate of drug-likeness (QED) is 0.0850. The maximum Gasteiger partial charge on any atom is 0.223 e. The van der Waals surface area contributed by atoms with Crippen molar-refractivity contribution in [3.05, 3.63) is 175 Å². The Morgan fingerprint density at radius 3 is 1.63 bits per heavy atom. The minimum Gasteiger partial charge on any atom is -0.361 e. The highest BCUT2D eigenvalue weighted by molar-refractivity contribution is 5.84. The lowest BCUT2D eigenvalue weighted by Crippen LogP contribution is -2.16. The number of para-hydroxylation sites is 2. The number of aromatic nitrogens is 8. The van der Waals surface area contributed by atoms with Gasteiger partial charge in [-0.15, -0.1) is 0 Å². The van der Waals surface area contributed by atoms with Crippen LogP contribution in [0.2, 0.25) is 0 Å². The molecule has 10 nitrogen and oxygen atoms in total. The van der Waals surface area contributed by atoms with E-state index in [9.17, 15) is 0 Å². The Morgan fingerprint density at radius 2 is 1.04 bits per heavy atom. The maximum absolute atomic E-state index is 6.36. The minimum atomic E-state index is -0.160. The standard InChI is InChI=1S/C23H20N6.C19H18N4/c1-2-7-16(8-3-1)21-15-27-22(28-21)20(29-23-24-11-6-12-25-23)13-17-14-26-19-10-5-4-9-18(17)19;20-16(10-14-11-21-17-9-5-4-8-15(14)17)19-22-12-18(23-19)13-6-2-1-3-7-13/h1-12,14-15,20,26H,13H2,(H,27,28)(H,24,25,29);1-9,11-12,16,21H,10,20H2,(H,22,23)/t20-;16-/m11/s1. The van der Waals surface area contributed by atoms with E-state index in [0.717, 1.165) is 58.0 Å². The van der Waals surface area contributed by atoms with Gasteiger partial charge in [0.05, 0.1) is 35.9 Å². The molecule has 0 aliphatic heterocycles. The molecule has 10 heteroatoms. The molecule has 0 spiro atoms. The average molecular weight is 683 g/mol. The van der Waals surface area contributed by atoms with Crippen LogP contribution in [0.15, 0.2) is 152 Å². The van der Waals surface area contributed by atoms with Gasteiger partial charge in [-0.3, -0.25) is 0 Å². The van der Waals surface area contributed by atoms with Crippen LogP contribution < -0.4 is 11.1 Å². The van der Waals surface area contributed by atoms with Gasteiger partial charge in [0.15, 0.2) is 0 Å². The second-order valence-corrected chi connectivity index (χ2v) is 12.6. The molecule has 0 saturated heterocycles. The number of anilines is 1. The third kappa shape index (κ3) is 7.23. The van der Waals surface area contributed by atoms with E-state index in [4.69, 9.17) is 5.73 Å². The van der Waals surface area contributed by atoms with Crippen LogP contribution in [0.5, 0.6) is 0 Å². The zero-order chi connectivity index (χ0) is 35.1. The lowest BCUT2D eigenvalue weighted by atomic mass is 10.0. The lowest BCUT2D eigenvalue weighted by Gasteiger charge is -2.16. The van der Waals surface area contributed by atoms with E-state index < -0.39 is 0 Å². The van der Waals surface area contributed by atoms with E-state index in [0.29, 0.717) is 5.95 Å². The molecule has 9 aromatic rings. The van der Waals surface area contributed by atoms with Crippen molar-refractivity contribution >= 4 is 27.8 Å². The van der Waals surface area contributed by atoms with Gasteiger partial charge in [0.2, 0.25) is 5.95 Å². The van der Waals surface area contributed by atoms with Crippen molar-refractivity contribution in [3.63, 3.8) is 0 Å². The van der Waals surface area contributed by atoms with E-state index in [1.807, 2.05) is 73.2 Å². The molecular weight excluding hydrogens is 645 g/mol. The molecule has 0 bridgehead atoms. The highest BCUT2D eigenvalue weighted by atomic mass is 15.1. The van der Waals surface area contributed by atoms with Gasteiger partial charge in [-0.25, -0.2) is 19.9 Å². The summed E-state index contributed by atoms with van der Waals surface area (Å²) in [6.45, 7) is 0. The summed E-state index contributed by atoms with van der Waals surface area (Å²) in [6, 6.07) is 38.5. The second-order valence-electron chi connectivity index (χ2n) is 12.6. The first-order valence-corrected chi connectivity index (χ1v) is 17.3. The zero-order valence-corrected chi connectivity index (χ0v) is 28.4. The molecule has 2 atom stereocenters. The lowest BCUT2D eigenvalue weighted by molar-refractivity contribution is 0.680. The number of imidazole rings is 2. The molecule has 0 fully saturated rings. The number of aromatic amines is 4. The molecule has 0 unspecified atom stereocenters.